The standard InChI is InChI=1S/C15H23N3/c1-3-13-12-6-7-16-9-14(12)18-15(17-13)11-5-4-10(2)8-11/h10-11,16H,3-9H2,1-2H3. The van der Waals surface area contributed by atoms with Gasteiger partial charge in [-0.05, 0) is 50.1 Å². The summed E-state index contributed by atoms with van der Waals surface area (Å²) in [6.45, 7) is 6.57. The third-order valence-corrected chi connectivity index (χ3v) is 4.43. The normalized spacial score (nSPS) is 27.2. The average molecular weight is 245 g/mol. The van der Waals surface area contributed by atoms with Gasteiger partial charge in [-0.1, -0.05) is 13.8 Å². The van der Waals surface area contributed by atoms with Crippen LogP contribution in [0.4, 0.5) is 0 Å². The van der Waals surface area contributed by atoms with E-state index in [1.165, 1.54) is 36.2 Å². The van der Waals surface area contributed by atoms with Crippen LogP contribution in [0.5, 0.6) is 0 Å². The number of rotatable bonds is 2. The molecule has 0 saturated heterocycles. The highest BCUT2D eigenvalue weighted by Crippen LogP contribution is 2.37. The van der Waals surface area contributed by atoms with Gasteiger partial charge < -0.3 is 5.32 Å². The maximum absolute atomic E-state index is 4.88. The number of fused-ring (bicyclic) bond motifs is 1. The van der Waals surface area contributed by atoms with Crippen LogP contribution in [0, 0.1) is 5.92 Å². The van der Waals surface area contributed by atoms with E-state index in [-0.39, 0.29) is 0 Å². The molecule has 1 N–H and O–H groups in total. The molecular formula is C15H23N3. The van der Waals surface area contributed by atoms with Gasteiger partial charge in [0.25, 0.3) is 0 Å². The number of hydrogen-bond acceptors (Lipinski definition) is 3. The third kappa shape index (κ3) is 2.16. The lowest BCUT2D eigenvalue weighted by molar-refractivity contribution is 0.566. The fourth-order valence-electron chi connectivity index (χ4n) is 3.37. The van der Waals surface area contributed by atoms with Gasteiger partial charge in [-0.3, -0.25) is 0 Å². The van der Waals surface area contributed by atoms with Crippen molar-refractivity contribution in [1.82, 2.24) is 15.3 Å². The van der Waals surface area contributed by atoms with Crippen molar-refractivity contribution in [3.63, 3.8) is 0 Å². The van der Waals surface area contributed by atoms with Crippen LogP contribution in [0.1, 0.15) is 61.8 Å². The molecular weight excluding hydrogens is 222 g/mol. The predicted octanol–water partition coefficient (Wildman–Crippen LogP) is 2.59. The highest BCUT2D eigenvalue weighted by atomic mass is 15.0. The van der Waals surface area contributed by atoms with Gasteiger partial charge in [0.2, 0.25) is 0 Å². The van der Waals surface area contributed by atoms with Crippen LogP contribution >= 0.6 is 0 Å². The van der Waals surface area contributed by atoms with E-state index in [0.29, 0.717) is 5.92 Å². The van der Waals surface area contributed by atoms with Crippen molar-refractivity contribution >= 4 is 0 Å². The first-order valence-electron chi connectivity index (χ1n) is 7.37. The molecule has 0 bridgehead atoms. The minimum absolute atomic E-state index is 0.609. The van der Waals surface area contributed by atoms with Crippen molar-refractivity contribution in [2.45, 2.75) is 58.4 Å². The molecule has 0 radical (unpaired) electrons. The fourth-order valence-corrected chi connectivity index (χ4v) is 3.37. The Morgan fingerprint density at radius 1 is 1.28 bits per heavy atom. The van der Waals surface area contributed by atoms with Crippen molar-refractivity contribution in [1.29, 1.82) is 0 Å². The second-order valence-electron chi connectivity index (χ2n) is 5.85. The first kappa shape index (κ1) is 12.1. The Balaban J connectivity index is 1.95. The van der Waals surface area contributed by atoms with Crippen molar-refractivity contribution in [3.05, 3.63) is 22.8 Å². The molecule has 2 aliphatic rings. The lowest BCUT2D eigenvalue weighted by Crippen LogP contribution is -2.27. The summed E-state index contributed by atoms with van der Waals surface area (Å²) in [4.78, 5) is 9.75. The Morgan fingerprint density at radius 3 is 2.89 bits per heavy atom. The van der Waals surface area contributed by atoms with Gasteiger partial charge in [-0.15, -0.1) is 0 Å². The first-order chi connectivity index (χ1) is 8.78. The molecule has 2 atom stereocenters. The molecule has 0 aromatic carbocycles. The van der Waals surface area contributed by atoms with Crippen LogP contribution in [0.25, 0.3) is 0 Å². The van der Waals surface area contributed by atoms with Crippen LogP contribution in [0.3, 0.4) is 0 Å². The van der Waals surface area contributed by atoms with Crippen LogP contribution < -0.4 is 5.32 Å². The number of aryl methyl sites for hydroxylation is 1. The summed E-state index contributed by atoms with van der Waals surface area (Å²) in [6.07, 6.45) is 6.02. The van der Waals surface area contributed by atoms with E-state index >= 15 is 0 Å². The zero-order valence-electron chi connectivity index (χ0n) is 11.5. The van der Waals surface area contributed by atoms with Crippen molar-refractivity contribution in [2.24, 2.45) is 5.92 Å². The van der Waals surface area contributed by atoms with Crippen LogP contribution in [-0.2, 0) is 19.4 Å². The number of aromatic nitrogens is 2. The lowest BCUT2D eigenvalue weighted by atomic mass is 10.00. The minimum atomic E-state index is 0.609. The maximum atomic E-state index is 4.88. The Bertz CT molecular complexity index is 424. The molecule has 18 heavy (non-hydrogen) atoms. The highest BCUT2D eigenvalue weighted by Gasteiger charge is 2.27. The number of hydrogen-bond donors (Lipinski definition) is 1. The molecule has 1 aliphatic heterocycles. The summed E-state index contributed by atoms with van der Waals surface area (Å²) in [5.74, 6) is 2.58. The summed E-state index contributed by atoms with van der Waals surface area (Å²) in [5, 5.41) is 3.43. The number of nitrogens with one attached hydrogen (secondary N) is 1. The van der Waals surface area contributed by atoms with Crippen LogP contribution in [0.15, 0.2) is 0 Å². The molecule has 2 heterocycles. The minimum Gasteiger partial charge on any atom is -0.311 e. The molecule has 0 spiro atoms. The van der Waals surface area contributed by atoms with Crippen LogP contribution in [0.2, 0.25) is 0 Å². The third-order valence-electron chi connectivity index (χ3n) is 4.43. The van der Waals surface area contributed by atoms with Gasteiger partial charge in [0.05, 0.1) is 5.69 Å². The van der Waals surface area contributed by atoms with Gasteiger partial charge in [-0.2, -0.15) is 0 Å². The van der Waals surface area contributed by atoms with Gasteiger partial charge in [0.15, 0.2) is 0 Å². The summed E-state index contributed by atoms with van der Waals surface area (Å²) in [6, 6.07) is 0. The lowest BCUT2D eigenvalue weighted by Gasteiger charge is -2.21. The van der Waals surface area contributed by atoms with Gasteiger partial charge in [-0.25, -0.2) is 9.97 Å². The molecule has 3 heteroatoms. The predicted molar refractivity (Wildman–Crippen MR) is 72.6 cm³/mol. The zero-order chi connectivity index (χ0) is 12.5. The van der Waals surface area contributed by atoms with Crippen molar-refractivity contribution in [3.8, 4) is 0 Å². The molecule has 98 valence electrons. The summed E-state index contributed by atoms with van der Waals surface area (Å²) in [5.41, 5.74) is 3.99. The monoisotopic (exact) mass is 245 g/mol. The molecule has 1 aromatic heterocycles. The first-order valence-corrected chi connectivity index (χ1v) is 7.37. The van der Waals surface area contributed by atoms with E-state index < -0.39 is 0 Å². The molecule has 2 unspecified atom stereocenters. The van der Waals surface area contributed by atoms with Gasteiger partial charge in [0.1, 0.15) is 5.82 Å². The average Bonchev–Trinajstić information content (AvgIpc) is 2.84. The molecule has 3 rings (SSSR count). The SMILES string of the molecule is CCc1nc(C2CCC(C)C2)nc2c1CCNC2. The van der Waals surface area contributed by atoms with E-state index in [4.69, 9.17) is 9.97 Å². The van der Waals surface area contributed by atoms with Gasteiger partial charge >= 0.3 is 0 Å². The quantitative estimate of drug-likeness (QED) is 0.870. The van der Waals surface area contributed by atoms with E-state index in [1.807, 2.05) is 0 Å². The molecule has 1 fully saturated rings. The van der Waals surface area contributed by atoms with E-state index in [9.17, 15) is 0 Å². The zero-order valence-corrected chi connectivity index (χ0v) is 11.5. The second-order valence-corrected chi connectivity index (χ2v) is 5.85. The van der Waals surface area contributed by atoms with E-state index in [1.54, 1.807) is 0 Å². The molecule has 1 aliphatic carbocycles. The van der Waals surface area contributed by atoms with E-state index in [0.717, 1.165) is 37.7 Å². The largest absolute Gasteiger partial charge is 0.311 e. The summed E-state index contributed by atoms with van der Waals surface area (Å²) >= 11 is 0. The van der Waals surface area contributed by atoms with Gasteiger partial charge in [0, 0.05) is 18.2 Å². The highest BCUT2D eigenvalue weighted by molar-refractivity contribution is 5.29. The Hall–Kier alpha value is -0.960. The van der Waals surface area contributed by atoms with Crippen LogP contribution in [-0.4, -0.2) is 16.5 Å². The molecule has 3 nitrogen and oxygen atoms in total. The Kier molecular flexibility index (Phi) is 3.33. The second kappa shape index (κ2) is 4.96. The number of nitrogens with zero attached hydrogens (tertiary/aromatic N) is 2. The van der Waals surface area contributed by atoms with E-state index in [2.05, 4.69) is 19.2 Å². The smallest absolute Gasteiger partial charge is 0.132 e. The molecule has 0 amide bonds. The topological polar surface area (TPSA) is 37.8 Å². The summed E-state index contributed by atoms with van der Waals surface area (Å²) in [7, 11) is 0. The molecule has 1 aromatic rings. The molecule has 1 saturated carbocycles. The maximum Gasteiger partial charge on any atom is 0.132 e. The Labute approximate surface area is 109 Å². The van der Waals surface area contributed by atoms with Crippen molar-refractivity contribution < 1.29 is 0 Å². The fraction of sp³-hybridized carbons (Fsp3) is 0.733. The Morgan fingerprint density at radius 2 is 2.17 bits per heavy atom. The van der Waals surface area contributed by atoms with Crippen molar-refractivity contribution in [2.75, 3.05) is 6.54 Å². The summed E-state index contributed by atoms with van der Waals surface area (Å²) < 4.78 is 0.